The van der Waals surface area contributed by atoms with Crippen LogP contribution in [0.2, 0.25) is 0 Å². The van der Waals surface area contributed by atoms with E-state index in [1.165, 1.54) is 4.57 Å². The number of anilines is 1. The number of aromatic nitrogens is 1. The van der Waals surface area contributed by atoms with Crippen molar-refractivity contribution in [2.45, 2.75) is 39.8 Å². The van der Waals surface area contributed by atoms with Gasteiger partial charge in [0.15, 0.2) is 0 Å². The number of aryl methyl sites for hydroxylation is 1. The first-order chi connectivity index (χ1) is 12.8. The van der Waals surface area contributed by atoms with Gasteiger partial charge < -0.3 is 19.9 Å². The standard InChI is InChI=1S/C20H25N3O4/c1-5-18(24)22-17-11-6-13(2)23(20(17)26)12-19(25)21-14(3)15-7-9-16(27-4)10-8-15/h6-11,14H,5,12H2,1-4H3,(H,21,25)(H,22,24)/t14-/m1/s1. The summed E-state index contributed by atoms with van der Waals surface area (Å²) in [5.74, 6) is 0.202. The van der Waals surface area contributed by atoms with Gasteiger partial charge in [-0.3, -0.25) is 14.4 Å². The van der Waals surface area contributed by atoms with E-state index >= 15 is 0 Å². The summed E-state index contributed by atoms with van der Waals surface area (Å²) < 4.78 is 6.48. The number of hydrogen-bond acceptors (Lipinski definition) is 4. The molecule has 0 spiro atoms. The summed E-state index contributed by atoms with van der Waals surface area (Å²) in [6.45, 7) is 5.19. The maximum Gasteiger partial charge on any atom is 0.274 e. The highest BCUT2D eigenvalue weighted by atomic mass is 16.5. The fourth-order valence-corrected chi connectivity index (χ4v) is 2.61. The Morgan fingerprint density at radius 2 is 1.78 bits per heavy atom. The summed E-state index contributed by atoms with van der Waals surface area (Å²) in [6.07, 6.45) is 0.271. The predicted octanol–water partition coefficient (Wildman–Crippen LogP) is 2.39. The molecular weight excluding hydrogens is 346 g/mol. The van der Waals surface area contributed by atoms with E-state index in [0.717, 1.165) is 11.3 Å². The van der Waals surface area contributed by atoms with Gasteiger partial charge in [0.2, 0.25) is 11.8 Å². The molecule has 2 rings (SSSR count). The smallest absolute Gasteiger partial charge is 0.274 e. The van der Waals surface area contributed by atoms with E-state index in [1.54, 1.807) is 33.1 Å². The average molecular weight is 371 g/mol. The van der Waals surface area contributed by atoms with E-state index in [4.69, 9.17) is 4.74 Å². The molecular formula is C20H25N3O4. The Bertz CT molecular complexity index is 872. The first-order valence-corrected chi connectivity index (χ1v) is 8.79. The fraction of sp³-hybridized carbons (Fsp3) is 0.350. The van der Waals surface area contributed by atoms with E-state index in [1.807, 2.05) is 31.2 Å². The molecule has 0 bridgehead atoms. The first kappa shape index (κ1) is 20.2. The largest absolute Gasteiger partial charge is 0.497 e. The van der Waals surface area contributed by atoms with Gasteiger partial charge in [-0.2, -0.15) is 0 Å². The molecule has 0 saturated heterocycles. The zero-order chi connectivity index (χ0) is 20.0. The minimum absolute atomic E-state index is 0.124. The Morgan fingerprint density at radius 1 is 1.11 bits per heavy atom. The lowest BCUT2D eigenvalue weighted by Gasteiger charge is -2.17. The van der Waals surface area contributed by atoms with Crippen LogP contribution in [0.15, 0.2) is 41.2 Å². The van der Waals surface area contributed by atoms with Gasteiger partial charge in [-0.25, -0.2) is 0 Å². The third kappa shape index (κ3) is 5.20. The van der Waals surface area contributed by atoms with Crippen LogP contribution >= 0.6 is 0 Å². The van der Waals surface area contributed by atoms with Gasteiger partial charge >= 0.3 is 0 Å². The van der Waals surface area contributed by atoms with Crippen molar-refractivity contribution in [1.82, 2.24) is 9.88 Å². The van der Waals surface area contributed by atoms with Crippen molar-refractivity contribution in [3.05, 3.63) is 58.0 Å². The van der Waals surface area contributed by atoms with Gasteiger partial charge in [0.05, 0.1) is 13.2 Å². The lowest BCUT2D eigenvalue weighted by Crippen LogP contribution is -2.35. The Kier molecular flexibility index (Phi) is 6.76. The van der Waals surface area contributed by atoms with Crippen LogP contribution in [-0.2, 0) is 16.1 Å². The number of pyridine rings is 1. The molecule has 0 fully saturated rings. The van der Waals surface area contributed by atoms with Crippen molar-refractivity contribution >= 4 is 17.5 Å². The van der Waals surface area contributed by atoms with Crippen LogP contribution in [0.3, 0.4) is 0 Å². The number of benzene rings is 1. The Labute approximate surface area is 158 Å². The van der Waals surface area contributed by atoms with Gasteiger partial charge in [0.1, 0.15) is 18.0 Å². The molecule has 1 atom stereocenters. The molecule has 7 nitrogen and oxygen atoms in total. The maximum absolute atomic E-state index is 12.6. The molecule has 2 aromatic rings. The van der Waals surface area contributed by atoms with E-state index < -0.39 is 5.56 Å². The number of nitrogens with one attached hydrogen (secondary N) is 2. The van der Waals surface area contributed by atoms with Crippen molar-refractivity contribution in [2.24, 2.45) is 0 Å². The highest BCUT2D eigenvalue weighted by Crippen LogP contribution is 2.17. The number of nitrogens with zero attached hydrogens (tertiary/aromatic N) is 1. The Balaban J connectivity index is 2.11. The summed E-state index contributed by atoms with van der Waals surface area (Å²) >= 11 is 0. The highest BCUT2D eigenvalue weighted by Gasteiger charge is 2.14. The minimum Gasteiger partial charge on any atom is -0.497 e. The molecule has 2 N–H and O–H groups in total. The average Bonchev–Trinajstić information content (AvgIpc) is 2.67. The van der Waals surface area contributed by atoms with E-state index in [0.29, 0.717) is 5.69 Å². The molecule has 0 saturated carbocycles. The molecule has 2 amide bonds. The second kappa shape index (κ2) is 9.02. The fourth-order valence-electron chi connectivity index (χ4n) is 2.61. The SMILES string of the molecule is CCC(=O)Nc1ccc(C)n(CC(=O)N[C@H](C)c2ccc(OC)cc2)c1=O. The quantitative estimate of drug-likeness (QED) is 0.782. The predicted molar refractivity (Wildman–Crippen MR) is 104 cm³/mol. The van der Waals surface area contributed by atoms with E-state index in [9.17, 15) is 14.4 Å². The molecule has 27 heavy (non-hydrogen) atoms. The van der Waals surface area contributed by atoms with Crippen LogP contribution in [0.4, 0.5) is 5.69 Å². The van der Waals surface area contributed by atoms with Crippen LogP contribution in [0.25, 0.3) is 0 Å². The number of carbonyl (C=O) groups excluding carboxylic acids is 2. The molecule has 7 heteroatoms. The summed E-state index contributed by atoms with van der Waals surface area (Å²) in [5.41, 5.74) is 1.34. The van der Waals surface area contributed by atoms with Crippen LogP contribution in [0, 0.1) is 6.92 Å². The summed E-state index contributed by atoms with van der Waals surface area (Å²) in [7, 11) is 1.59. The molecule has 0 aliphatic heterocycles. The van der Waals surface area contributed by atoms with Gasteiger partial charge in [0, 0.05) is 12.1 Å². The topological polar surface area (TPSA) is 89.4 Å². The van der Waals surface area contributed by atoms with Crippen molar-refractivity contribution in [2.75, 3.05) is 12.4 Å². The Hall–Kier alpha value is -3.09. The molecule has 0 unspecified atom stereocenters. The first-order valence-electron chi connectivity index (χ1n) is 8.79. The lowest BCUT2D eigenvalue weighted by atomic mass is 10.1. The normalized spacial score (nSPS) is 11.6. The maximum atomic E-state index is 12.6. The molecule has 0 aliphatic carbocycles. The van der Waals surface area contributed by atoms with Crippen LogP contribution < -0.4 is 20.9 Å². The van der Waals surface area contributed by atoms with E-state index in [2.05, 4.69) is 10.6 Å². The number of carbonyl (C=O) groups is 2. The second-order valence-electron chi connectivity index (χ2n) is 6.24. The van der Waals surface area contributed by atoms with Crippen LogP contribution in [0.5, 0.6) is 5.75 Å². The number of amides is 2. The zero-order valence-electron chi connectivity index (χ0n) is 16.0. The Morgan fingerprint density at radius 3 is 2.37 bits per heavy atom. The third-order valence-corrected chi connectivity index (χ3v) is 4.28. The number of ether oxygens (including phenoxy) is 1. The summed E-state index contributed by atoms with van der Waals surface area (Å²) in [4.78, 5) is 36.5. The lowest BCUT2D eigenvalue weighted by molar-refractivity contribution is -0.122. The molecule has 1 aromatic heterocycles. The molecule has 1 heterocycles. The van der Waals surface area contributed by atoms with Crippen molar-refractivity contribution in [3.63, 3.8) is 0 Å². The summed E-state index contributed by atoms with van der Waals surface area (Å²) in [6, 6.07) is 10.4. The third-order valence-electron chi connectivity index (χ3n) is 4.28. The highest BCUT2D eigenvalue weighted by molar-refractivity contribution is 5.90. The molecule has 0 aliphatic rings. The van der Waals surface area contributed by atoms with Crippen molar-refractivity contribution < 1.29 is 14.3 Å². The molecule has 1 aromatic carbocycles. The molecule has 144 valence electrons. The van der Waals surface area contributed by atoms with E-state index in [-0.39, 0.29) is 36.5 Å². The second-order valence-corrected chi connectivity index (χ2v) is 6.24. The van der Waals surface area contributed by atoms with Crippen LogP contribution in [0.1, 0.15) is 37.6 Å². The van der Waals surface area contributed by atoms with Crippen molar-refractivity contribution in [1.29, 1.82) is 0 Å². The zero-order valence-corrected chi connectivity index (χ0v) is 16.0. The van der Waals surface area contributed by atoms with Gasteiger partial charge in [0.25, 0.3) is 5.56 Å². The van der Waals surface area contributed by atoms with Gasteiger partial charge in [-0.1, -0.05) is 19.1 Å². The van der Waals surface area contributed by atoms with Crippen LogP contribution in [-0.4, -0.2) is 23.5 Å². The van der Waals surface area contributed by atoms with Gasteiger partial charge in [-0.05, 0) is 43.7 Å². The number of hydrogen-bond donors (Lipinski definition) is 2. The summed E-state index contributed by atoms with van der Waals surface area (Å²) in [5, 5.41) is 5.44. The number of rotatable bonds is 7. The number of methoxy groups -OCH3 is 1. The monoisotopic (exact) mass is 371 g/mol. The van der Waals surface area contributed by atoms with Gasteiger partial charge in [-0.15, -0.1) is 0 Å². The van der Waals surface area contributed by atoms with Crippen molar-refractivity contribution in [3.8, 4) is 5.75 Å². The minimum atomic E-state index is -0.399. The molecule has 0 radical (unpaired) electrons.